The summed E-state index contributed by atoms with van der Waals surface area (Å²) in [6.07, 6.45) is 5.38. The first-order chi connectivity index (χ1) is 18.5. The number of para-hydroxylation sites is 2. The van der Waals surface area contributed by atoms with E-state index in [1.54, 1.807) is 48.5 Å². The van der Waals surface area contributed by atoms with E-state index in [1.165, 1.54) is 11.0 Å². The molecule has 8 nitrogen and oxygen atoms in total. The van der Waals surface area contributed by atoms with Crippen molar-refractivity contribution in [2.75, 3.05) is 5.32 Å². The molecule has 1 aliphatic carbocycles. The number of aromatic nitrogens is 2. The molecule has 1 saturated carbocycles. The molecule has 0 unspecified atom stereocenters. The molecule has 2 amide bonds. The molecule has 8 heteroatoms. The summed E-state index contributed by atoms with van der Waals surface area (Å²) < 4.78 is 2.44. The van der Waals surface area contributed by atoms with Gasteiger partial charge in [-0.2, -0.15) is 0 Å². The predicted molar refractivity (Wildman–Crippen MR) is 148 cm³/mol. The minimum absolute atomic E-state index is 0.121. The highest BCUT2D eigenvalue weighted by Gasteiger charge is 2.19. The number of fused-ring (bicyclic) bond motifs is 1. The van der Waals surface area contributed by atoms with E-state index < -0.39 is 11.2 Å². The van der Waals surface area contributed by atoms with Crippen LogP contribution < -0.4 is 21.9 Å². The fraction of sp³-hybridized carbons (Fsp3) is 0.267. The van der Waals surface area contributed by atoms with Crippen molar-refractivity contribution >= 4 is 28.4 Å². The Kier molecular flexibility index (Phi) is 7.49. The van der Waals surface area contributed by atoms with E-state index in [9.17, 15) is 19.2 Å². The zero-order valence-corrected chi connectivity index (χ0v) is 21.1. The predicted octanol–water partition coefficient (Wildman–Crippen LogP) is 3.78. The lowest BCUT2D eigenvalue weighted by Gasteiger charge is -2.23. The molecule has 1 fully saturated rings. The van der Waals surface area contributed by atoms with E-state index in [0.29, 0.717) is 22.3 Å². The molecule has 5 rings (SSSR count). The van der Waals surface area contributed by atoms with Gasteiger partial charge >= 0.3 is 5.69 Å². The van der Waals surface area contributed by atoms with Crippen LogP contribution in [0.25, 0.3) is 16.6 Å². The van der Waals surface area contributed by atoms with Gasteiger partial charge in [0.1, 0.15) is 6.54 Å². The number of nitrogens with zero attached hydrogens (tertiary/aromatic N) is 2. The number of nitrogens with one attached hydrogen (secondary N) is 2. The molecular weight excluding hydrogens is 480 g/mol. The third kappa shape index (κ3) is 5.59. The van der Waals surface area contributed by atoms with Crippen molar-refractivity contribution in [2.45, 2.75) is 51.1 Å². The molecule has 0 saturated heterocycles. The van der Waals surface area contributed by atoms with Crippen molar-refractivity contribution in [1.29, 1.82) is 0 Å². The molecule has 1 aliphatic rings. The molecule has 0 aliphatic heterocycles. The topological polar surface area (TPSA) is 102 Å². The van der Waals surface area contributed by atoms with Gasteiger partial charge in [-0.15, -0.1) is 0 Å². The van der Waals surface area contributed by atoms with Crippen LogP contribution in [-0.2, 0) is 22.6 Å². The quantitative estimate of drug-likeness (QED) is 0.395. The second kappa shape index (κ2) is 11.3. The summed E-state index contributed by atoms with van der Waals surface area (Å²) in [7, 11) is 0. The van der Waals surface area contributed by atoms with Crippen molar-refractivity contribution in [2.24, 2.45) is 0 Å². The van der Waals surface area contributed by atoms with E-state index >= 15 is 0 Å². The third-order valence-electron chi connectivity index (χ3n) is 6.94. The average molecular weight is 511 g/mol. The van der Waals surface area contributed by atoms with Gasteiger partial charge in [0.15, 0.2) is 0 Å². The molecule has 1 heterocycles. The minimum Gasteiger partial charge on any atom is -0.352 e. The van der Waals surface area contributed by atoms with Gasteiger partial charge in [0.25, 0.3) is 5.56 Å². The van der Waals surface area contributed by atoms with Crippen molar-refractivity contribution in [3.8, 4) is 5.69 Å². The third-order valence-corrected chi connectivity index (χ3v) is 6.94. The van der Waals surface area contributed by atoms with Crippen LogP contribution in [0.3, 0.4) is 0 Å². The Hall–Kier alpha value is -4.46. The highest BCUT2D eigenvalue weighted by molar-refractivity contribution is 5.92. The number of benzene rings is 3. The lowest BCUT2D eigenvalue weighted by atomic mass is 9.95. The van der Waals surface area contributed by atoms with Crippen molar-refractivity contribution in [3.63, 3.8) is 0 Å². The zero-order chi connectivity index (χ0) is 26.5. The Morgan fingerprint density at radius 1 is 0.789 bits per heavy atom. The van der Waals surface area contributed by atoms with Gasteiger partial charge in [-0.3, -0.25) is 19.0 Å². The van der Waals surface area contributed by atoms with Crippen molar-refractivity contribution < 1.29 is 9.59 Å². The highest BCUT2D eigenvalue weighted by Crippen LogP contribution is 2.18. The van der Waals surface area contributed by atoms with Gasteiger partial charge in [0.2, 0.25) is 11.8 Å². The first kappa shape index (κ1) is 25.2. The first-order valence-electron chi connectivity index (χ1n) is 13.0. The van der Waals surface area contributed by atoms with Crippen molar-refractivity contribution in [1.82, 2.24) is 14.5 Å². The molecule has 0 spiro atoms. The van der Waals surface area contributed by atoms with Gasteiger partial charge in [0, 0.05) is 11.7 Å². The van der Waals surface area contributed by atoms with Crippen LogP contribution in [-0.4, -0.2) is 27.0 Å². The molecule has 0 radical (unpaired) electrons. The summed E-state index contributed by atoms with van der Waals surface area (Å²) in [5.74, 6) is -0.410. The van der Waals surface area contributed by atoms with Crippen LogP contribution in [0.15, 0.2) is 88.5 Å². The smallest absolute Gasteiger partial charge is 0.336 e. The van der Waals surface area contributed by atoms with Crippen LogP contribution in [0, 0.1) is 0 Å². The fourth-order valence-electron chi connectivity index (χ4n) is 5.04. The molecule has 2 N–H and O–H groups in total. The minimum atomic E-state index is -0.581. The molecular formula is C30H30N4O4. The summed E-state index contributed by atoms with van der Waals surface area (Å²) in [4.78, 5) is 52.3. The second-order valence-electron chi connectivity index (χ2n) is 9.69. The van der Waals surface area contributed by atoms with E-state index in [-0.39, 0.29) is 30.8 Å². The average Bonchev–Trinajstić information content (AvgIpc) is 2.93. The number of hydrogen-bond donors (Lipinski definition) is 2. The van der Waals surface area contributed by atoms with E-state index in [2.05, 4.69) is 10.6 Å². The van der Waals surface area contributed by atoms with E-state index in [4.69, 9.17) is 0 Å². The molecule has 0 bridgehead atoms. The second-order valence-corrected chi connectivity index (χ2v) is 9.69. The summed E-state index contributed by atoms with van der Waals surface area (Å²) in [5.41, 5.74) is 1.21. The number of amides is 2. The Morgan fingerprint density at radius 3 is 2.21 bits per heavy atom. The van der Waals surface area contributed by atoms with Gasteiger partial charge in [0.05, 0.1) is 23.0 Å². The molecule has 38 heavy (non-hydrogen) atoms. The normalized spacial score (nSPS) is 13.8. The van der Waals surface area contributed by atoms with Gasteiger partial charge in [-0.1, -0.05) is 61.7 Å². The van der Waals surface area contributed by atoms with E-state index in [0.717, 1.165) is 35.8 Å². The maximum Gasteiger partial charge on any atom is 0.336 e. The lowest BCUT2D eigenvalue weighted by molar-refractivity contribution is -0.122. The number of carbonyl (C=O) groups is 2. The zero-order valence-electron chi connectivity index (χ0n) is 21.1. The van der Waals surface area contributed by atoms with Crippen LogP contribution in [0.2, 0.25) is 0 Å². The SMILES string of the molecule is O=C(Cc1ccc(-n2c(=O)c3ccccc3n(CC(=O)NC3CCCCC3)c2=O)cc1)Nc1ccccc1. The molecule has 4 aromatic rings. The molecule has 0 atom stereocenters. The summed E-state index contributed by atoms with van der Waals surface area (Å²) in [5, 5.41) is 6.25. The number of hydrogen-bond acceptors (Lipinski definition) is 4. The van der Waals surface area contributed by atoms with Gasteiger partial charge in [-0.05, 0) is 54.8 Å². The Balaban J connectivity index is 1.41. The largest absolute Gasteiger partial charge is 0.352 e. The van der Waals surface area contributed by atoms with Gasteiger partial charge < -0.3 is 10.6 Å². The summed E-state index contributed by atoms with van der Waals surface area (Å²) in [6, 6.07) is 22.9. The highest BCUT2D eigenvalue weighted by atomic mass is 16.2. The maximum absolute atomic E-state index is 13.6. The van der Waals surface area contributed by atoms with Gasteiger partial charge in [-0.25, -0.2) is 9.36 Å². The fourth-order valence-corrected chi connectivity index (χ4v) is 5.04. The lowest BCUT2D eigenvalue weighted by Crippen LogP contribution is -2.44. The van der Waals surface area contributed by atoms with Crippen LogP contribution in [0.1, 0.15) is 37.7 Å². The monoisotopic (exact) mass is 510 g/mol. The number of carbonyl (C=O) groups excluding carboxylic acids is 2. The molecule has 194 valence electrons. The molecule has 1 aromatic heterocycles. The Bertz CT molecular complexity index is 1570. The summed E-state index contributed by atoms with van der Waals surface area (Å²) in [6.45, 7) is -0.173. The van der Waals surface area contributed by atoms with E-state index in [1.807, 2.05) is 30.3 Å². The van der Waals surface area contributed by atoms with Crippen molar-refractivity contribution in [3.05, 3.63) is 105 Å². The number of anilines is 1. The van der Waals surface area contributed by atoms with Crippen LogP contribution >= 0.6 is 0 Å². The first-order valence-corrected chi connectivity index (χ1v) is 13.0. The Morgan fingerprint density at radius 2 is 1.47 bits per heavy atom. The number of rotatable bonds is 7. The standard InChI is InChI=1S/C30H30N4O4/c35-27(31-22-9-3-1-4-10-22)19-21-15-17-24(18-16-21)34-29(37)25-13-7-8-14-26(25)33(30(34)38)20-28(36)32-23-11-5-2-6-12-23/h1,3-4,7-10,13-18,23H,2,5-6,11-12,19-20H2,(H,31,35)(H,32,36). The van der Waals surface area contributed by atoms with Crippen LogP contribution in [0.4, 0.5) is 5.69 Å². The van der Waals surface area contributed by atoms with Crippen LogP contribution in [0.5, 0.6) is 0 Å². The maximum atomic E-state index is 13.6. The summed E-state index contributed by atoms with van der Waals surface area (Å²) >= 11 is 0. The Labute approximate surface area is 219 Å². The molecule has 3 aromatic carbocycles.